The molecule has 1 heterocycles. The van der Waals surface area contributed by atoms with E-state index in [0.29, 0.717) is 11.1 Å². The van der Waals surface area contributed by atoms with Crippen LogP contribution in [-0.4, -0.2) is 0 Å². The smallest absolute Gasteiger partial charge is 0.137 e. The third kappa shape index (κ3) is 1.56. The molecule has 0 unspecified atom stereocenters. The maximum Gasteiger partial charge on any atom is 0.137 e. The normalized spacial score (nSPS) is 11.7. The molecule has 15 heavy (non-hydrogen) atoms. The molecule has 2 aromatic rings. The molecule has 2 rings (SSSR count). The first-order valence-electron chi connectivity index (χ1n) is 4.95. The molecule has 0 atom stereocenters. The molecule has 0 aliphatic carbocycles. The highest BCUT2D eigenvalue weighted by atomic mass is 19.1. The van der Waals surface area contributed by atoms with E-state index in [-0.39, 0.29) is 5.82 Å². The summed E-state index contributed by atoms with van der Waals surface area (Å²) in [7, 11) is 0. The summed E-state index contributed by atoms with van der Waals surface area (Å²) >= 11 is 0. The summed E-state index contributed by atoms with van der Waals surface area (Å²) in [5, 5.41) is 0.976. The van der Waals surface area contributed by atoms with Crippen LogP contribution in [-0.2, 0) is 0 Å². The average molecular weight is 204 g/mol. The summed E-state index contributed by atoms with van der Waals surface area (Å²) in [6.07, 6.45) is 3.94. The molecular weight excluding hydrogens is 191 g/mol. The van der Waals surface area contributed by atoms with Crippen LogP contribution in [0.25, 0.3) is 17.0 Å². The zero-order valence-electron chi connectivity index (χ0n) is 9.10. The zero-order chi connectivity index (χ0) is 11.0. The van der Waals surface area contributed by atoms with E-state index >= 15 is 0 Å². The minimum Gasteiger partial charge on any atom is -0.461 e. The van der Waals surface area contributed by atoms with E-state index in [1.807, 2.05) is 32.1 Å². The Kier molecular flexibility index (Phi) is 2.35. The van der Waals surface area contributed by atoms with Gasteiger partial charge in [0.05, 0.1) is 0 Å². The second kappa shape index (κ2) is 3.54. The van der Waals surface area contributed by atoms with E-state index in [4.69, 9.17) is 4.42 Å². The van der Waals surface area contributed by atoms with Crippen molar-refractivity contribution in [1.29, 1.82) is 0 Å². The average Bonchev–Trinajstić information content (AvgIpc) is 2.46. The lowest BCUT2D eigenvalue weighted by atomic mass is 10.1. The van der Waals surface area contributed by atoms with Crippen LogP contribution in [0.4, 0.5) is 4.39 Å². The van der Waals surface area contributed by atoms with Gasteiger partial charge in [-0.05, 0) is 32.4 Å². The standard InChI is InChI=1S/C13H13FO/c1-4-5-10-9(3)15-13-7-12(14)8(2)6-11(10)13/h4-7H,1-3H3/b5-4-. The Morgan fingerprint density at radius 1 is 1.27 bits per heavy atom. The quantitative estimate of drug-likeness (QED) is 0.677. The molecule has 0 bridgehead atoms. The number of halogens is 1. The monoisotopic (exact) mass is 204 g/mol. The van der Waals surface area contributed by atoms with E-state index in [1.54, 1.807) is 6.92 Å². The van der Waals surface area contributed by atoms with Crippen LogP contribution < -0.4 is 0 Å². The number of hydrogen-bond acceptors (Lipinski definition) is 1. The van der Waals surface area contributed by atoms with E-state index in [0.717, 1.165) is 16.7 Å². The minimum absolute atomic E-state index is 0.219. The minimum atomic E-state index is -0.219. The van der Waals surface area contributed by atoms with Gasteiger partial charge in [0.1, 0.15) is 17.2 Å². The van der Waals surface area contributed by atoms with E-state index in [1.165, 1.54) is 6.07 Å². The fourth-order valence-corrected chi connectivity index (χ4v) is 1.74. The van der Waals surface area contributed by atoms with E-state index < -0.39 is 0 Å². The van der Waals surface area contributed by atoms with Crippen LogP contribution in [0.1, 0.15) is 23.8 Å². The Balaban J connectivity index is 2.81. The van der Waals surface area contributed by atoms with Crippen LogP contribution in [0, 0.1) is 19.7 Å². The largest absolute Gasteiger partial charge is 0.461 e. The fourth-order valence-electron chi connectivity index (χ4n) is 1.74. The van der Waals surface area contributed by atoms with Gasteiger partial charge in [0.2, 0.25) is 0 Å². The summed E-state index contributed by atoms with van der Waals surface area (Å²) in [6, 6.07) is 3.28. The van der Waals surface area contributed by atoms with Gasteiger partial charge >= 0.3 is 0 Å². The van der Waals surface area contributed by atoms with Gasteiger partial charge in [-0.15, -0.1) is 0 Å². The maximum atomic E-state index is 13.3. The Labute approximate surface area is 88.2 Å². The zero-order valence-corrected chi connectivity index (χ0v) is 9.10. The summed E-state index contributed by atoms with van der Waals surface area (Å²) in [5.41, 5.74) is 2.30. The van der Waals surface area contributed by atoms with Gasteiger partial charge in [-0.2, -0.15) is 0 Å². The Morgan fingerprint density at radius 3 is 2.67 bits per heavy atom. The second-order valence-corrected chi connectivity index (χ2v) is 3.67. The topological polar surface area (TPSA) is 13.1 Å². The maximum absolute atomic E-state index is 13.3. The Bertz CT molecular complexity index is 535. The highest BCUT2D eigenvalue weighted by Crippen LogP contribution is 2.28. The van der Waals surface area contributed by atoms with Crippen molar-refractivity contribution in [2.75, 3.05) is 0 Å². The summed E-state index contributed by atoms with van der Waals surface area (Å²) in [5.74, 6) is 0.608. The second-order valence-electron chi connectivity index (χ2n) is 3.67. The fraction of sp³-hybridized carbons (Fsp3) is 0.231. The van der Waals surface area contributed by atoms with Crippen molar-refractivity contribution in [1.82, 2.24) is 0 Å². The molecule has 2 heteroatoms. The van der Waals surface area contributed by atoms with Crippen molar-refractivity contribution in [3.8, 4) is 0 Å². The van der Waals surface area contributed by atoms with Gasteiger partial charge < -0.3 is 4.42 Å². The highest BCUT2D eigenvalue weighted by Gasteiger charge is 2.10. The van der Waals surface area contributed by atoms with Gasteiger partial charge in [0.25, 0.3) is 0 Å². The lowest BCUT2D eigenvalue weighted by molar-refractivity contribution is 0.568. The SMILES string of the molecule is C/C=C\c1c(C)oc2cc(F)c(C)cc12. The summed E-state index contributed by atoms with van der Waals surface area (Å²) < 4.78 is 18.8. The summed E-state index contributed by atoms with van der Waals surface area (Å²) in [4.78, 5) is 0. The number of benzene rings is 1. The molecule has 78 valence electrons. The van der Waals surface area contributed by atoms with Gasteiger partial charge in [-0.3, -0.25) is 0 Å². The van der Waals surface area contributed by atoms with Crippen LogP contribution in [0.5, 0.6) is 0 Å². The van der Waals surface area contributed by atoms with Crippen LogP contribution in [0.3, 0.4) is 0 Å². The Hall–Kier alpha value is -1.57. The Morgan fingerprint density at radius 2 is 2.00 bits per heavy atom. The molecule has 0 aliphatic rings. The van der Waals surface area contributed by atoms with Crippen LogP contribution >= 0.6 is 0 Å². The van der Waals surface area contributed by atoms with Crippen molar-refractivity contribution < 1.29 is 8.81 Å². The number of allylic oxidation sites excluding steroid dienone is 1. The molecule has 0 fully saturated rings. The van der Waals surface area contributed by atoms with Crippen molar-refractivity contribution in [3.63, 3.8) is 0 Å². The predicted octanol–water partition coefficient (Wildman–Crippen LogP) is 4.22. The van der Waals surface area contributed by atoms with Gasteiger partial charge in [0.15, 0.2) is 0 Å². The lowest BCUT2D eigenvalue weighted by Gasteiger charge is -1.96. The number of rotatable bonds is 1. The van der Waals surface area contributed by atoms with E-state index in [2.05, 4.69) is 0 Å². The molecule has 0 aliphatic heterocycles. The molecule has 0 radical (unpaired) electrons. The van der Waals surface area contributed by atoms with Gasteiger partial charge in [-0.1, -0.05) is 12.2 Å². The first-order chi connectivity index (χ1) is 7.13. The van der Waals surface area contributed by atoms with Crippen molar-refractivity contribution in [2.45, 2.75) is 20.8 Å². The third-order valence-electron chi connectivity index (χ3n) is 2.53. The molecule has 1 nitrogen and oxygen atoms in total. The first-order valence-corrected chi connectivity index (χ1v) is 4.95. The lowest BCUT2D eigenvalue weighted by Crippen LogP contribution is -1.81. The molecule has 1 aromatic heterocycles. The predicted molar refractivity (Wildman–Crippen MR) is 60.4 cm³/mol. The molecule has 0 N–H and O–H groups in total. The van der Waals surface area contributed by atoms with Crippen LogP contribution in [0.15, 0.2) is 22.6 Å². The molecule has 1 aromatic carbocycles. The van der Waals surface area contributed by atoms with E-state index in [9.17, 15) is 4.39 Å². The van der Waals surface area contributed by atoms with Crippen molar-refractivity contribution in [3.05, 3.63) is 40.9 Å². The molecule has 0 amide bonds. The first kappa shape index (κ1) is 9.97. The number of hydrogen-bond donors (Lipinski definition) is 0. The summed E-state index contributed by atoms with van der Waals surface area (Å²) in [6.45, 7) is 5.60. The number of furan rings is 1. The van der Waals surface area contributed by atoms with Crippen molar-refractivity contribution in [2.24, 2.45) is 0 Å². The van der Waals surface area contributed by atoms with Crippen molar-refractivity contribution >= 4 is 17.0 Å². The van der Waals surface area contributed by atoms with Gasteiger partial charge in [-0.25, -0.2) is 4.39 Å². The molecular formula is C13H13FO. The number of aryl methyl sites for hydroxylation is 2. The van der Waals surface area contributed by atoms with Gasteiger partial charge in [0, 0.05) is 17.0 Å². The van der Waals surface area contributed by atoms with Crippen LogP contribution in [0.2, 0.25) is 0 Å². The third-order valence-corrected chi connectivity index (χ3v) is 2.53. The molecule has 0 saturated carbocycles. The molecule has 0 spiro atoms. The highest BCUT2D eigenvalue weighted by molar-refractivity contribution is 5.89. The molecule has 0 saturated heterocycles. The number of fused-ring (bicyclic) bond motifs is 1.